The normalized spacial score (nSPS) is 25.4. The average Bonchev–Trinajstić information content (AvgIpc) is 3.15. The molecule has 0 aromatic rings. The van der Waals surface area contributed by atoms with E-state index in [-0.39, 0.29) is 5.92 Å². The lowest BCUT2D eigenvalue weighted by Crippen LogP contribution is -2.45. The Balaban J connectivity index is 1.87. The fourth-order valence-electron chi connectivity index (χ4n) is 2.35. The third-order valence-electron chi connectivity index (χ3n) is 3.45. The summed E-state index contributed by atoms with van der Waals surface area (Å²) >= 11 is 0. The quantitative estimate of drug-likeness (QED) is 0.747. The molecule has 1 N–H and O–H groups in total. The molecular formula is C12H22N2O2. The van der Waals surface area contributed by atoms with Gasteiger partial charge in [-0.15, -0.1) is 0 Å². The fourth-order valence-corrected chi connectivity index (χ4v) is 2.35. The Labute approximate surface area is 97.3 Å². The van der Waals surface area contributed by atoms with Crippen LogP contribution in [0.4, 0.5) is 0 Å². The number of carbonyl (C=O) groups excluding carboxylic acids is 1. The van der Waals surface area contributed by atoms with Crippen LogP contribution in [-0.2, 0) is 9.53 Å². The number of hydrogen-bond donors (Lipinski definition) is 1. The smallest absolute Gasteiger partial charge is 0.227 e. The van der Waals surface area contributed by atoms with E-state index in [9.17, 15) is 4.79 Å². The molecule has 2 fully saturated rings. The molecule has 1 heterocycles. The SMILES string of the molecule is COCCN(C(=O)[C@@H]1CCCNC1)C1CC1. The molecule has 2 aliphatic rings. The van der Waals surface area contributed by atoms with Gasteiger partial charge in [0.2, 0.25) is 5.91 Å². The molecule has 2 rings (SSSR count). The second-order valence-corrected chi connectivity index (χ2v) is 4.80. The van der Waals surface area contributed by atoms with E-state index in [0.29, 0.717) is 18.6 Å². The van der Waals surface area contributed by atoms with E-state index >= 15 is 0 Å². The zero-order chi connectivity index (χ0) is 11.4. The van der Waals surface area contributed by atoms with Crippen LogP contribution >= 0.6 is 0 Å². The number of methoxy groups -OCH3 is 1. The van der Waals surface area contributed by atoms with Gasteiger partial charge in [-0.1, -0.05) is 0 Å². The molecule has 1 amide bonds. The van der Waals surface area contributed by atoms with Crippen molar-refractivity contribution in [3.8, 4) is 0 Å². The van der Waals surface area contributed by atoms with Crippen LogP contribution < -0.4 is 5.32 Å². The number of hydrogen-bond acceptors (Lipinski definition) is 3. The lowest BCUT2D eigenvalue weighted by Gasteiger charge is -2.29. The summed E-state index contributed by atoms with van der Waals surface area (Å²) in [7, 11) is 1.69. The summed E-state index contributed by atoms with van der Waals surface area (Å²) in [6.45, 7) is 3.33. The number of ether oxygens (including phenoxy) is 1. The van der Waals surface area contributed by atoms with Crippen LogP contribution in [-0.4, -0.2) is 50.2 Å². The molecule has 0 bridgehead atoms. The van der Waals surface area contributed by atoms with Gasteiger partial charge >= 0.3 is 0 Å². The summed E-state index contributed by atoms with van der Waals surface area (Å²) < 4.78 is 5.08. The highest BCUT2D eigenvalue weighted by molar-refractivity contribution is 5.79. The Morgan fingerprint density at radius 3 is 2.81 bits per heavy atom. The van der Waals surface area contributed by atoms with Crippen LogP contribution in [0.3, 0.4) is 0 Å². The first-order valence-electron chi connectivity index (χ1n) is 6.33. The maximum Gasteiger partial charge on any atom is 0.227 e. The monoisotopic (exact) mass is 226 g/mol. The summed E-state index contributed by atoms with van der Waals surface area (Å²) in [5.41, 5.74) is 0. The molecule has 0 aromatic carbocycles. The Morgan fingerprint density at radius 1 is 1.44 bits per heavy atom. The van der Waals surface area contributed by atoms with Crippen molar-refractivity contribution in [2.45, 2.75) is 31.7 Å². The van der Waals surface area contributed by atoms with Crippen molar-refractivity contribution < 1.29 is 9.53 Å². The van der Waals surface area contributed by atoms with Crippen molar-refractivity contribution in [2.24, 2.45) is 5.92 Å². The minimum absolute atomic E-state index is 0.200. The van der Waals surface area contributed by atoms with Crippen molar-refractivity contribution in [2.75, 3.05) is 33.4 Å². The Bertz CT molecular complexity index is 235. The zero-order valence-corrected chi connectivity index (χ0v) is 10.1. The predicted molar refractivity (Wildman–Crippen MR) is 62.2 cm³/mol. The van der Waals surface area contributed by atoms with Crippen LogP contribution in [0.5, 0.6) is 0 Å². The van der Waals surface area contributed by atoms with E-state index in [1.807, 2.05) is 4.90 Å². The van der Waals surface area contributed by atoms with Gasteiger partial charge in [0.15, 0.2) is 0 Å². The Hall–Kier alpha value is -0.610. The summed E-state index contributed by atoms with van der Waals surface area (Å²) in [5, 5.41) is 3.31. The van der Waals surface area contributed by atoms with Crippen LogP contribution in [0.15, 0.2) is 0 Å². The van der Waals surface area contributed by atoms with Gasteiger partial charge in [-0.3, -0.25) is 4.79 Å². The Kier molecular flexibility index (Phi) is 4.18. The molecule has 1 atom stereocenters. The van der Waals surface area contributed by atoms with Gasteiger partial charge in [0.1, 0.15) is 0 Å². The van der Waals surface area contributed by atoms with Crippen molar-refractivity contribution in [1.29, 1.82) is 0 Å². The van der Waals surface area contributed by atoms with Crippen molar-refractivity contribution >= 4 is 5.91 Å². The lowest BCUT2D eigenvalue weighted by molar-refractivity contribution is -0.137. The average molecular weight is 226 g/mol. The van der Waals surface area contributed by atoms with Gasteiger partial charge < -0.3 is 15.0 Å². The van der Waals surface area contributed by atoms with E-state index in [4.69, 9.17) is 4.74 Å². The van der Waals surface area contributed by atoms with Gasteiger partial charge in [-0.25, -0.2) is 0 Å². The largest absolute Gasteiger partial charge is 0.383 e. The lowest BCUT2D eigenvalue weighted by atomic mass is 9.98. The number of carbonyl (C=O) groups is 1. The second-order valence-electron chi connectivity index (χ2n) is 4.80. The number of piperidine rings is 1. The van der Waals surface area contributed by atoms with E-state index in [0.717, 1.165) is 32.5 Å². The van der Waals surface area contributed by atoms with Gasteiger partial charge in [-0.2, -0.15) is 0 Å². The molecule has 4 nitrogen and oxygen atoms in total. The highest BCUT2D eigenvalue weighted by Gasteiger charge is 2.35. The summed E-state index contributed by atoms with van der Waals surface area (Å²) in [6, 6.07) is 0.504. The summed E-state index contributed by atoms with van der Waals surface area (Å²) in [5.74, 6) is 0.540. The molecule has 0 radical (unpaired) electrons. The molecule has 92 valence electrons. The molecule has 1 saturated carbocycles. The minimum atomic E-state index is 0.200. The third kappa shape index (κ3) is 2.95. The first kappa shape index (κ1) is 11.9. The minimum Gasteiger partial charge on any atom is -0.383 e. The third-order valence-corrected chi connectivity index (χ3v) is 3.45. The predicted octanol–water partition coefficient (Wildman–Crippen LogP) is 0.623. The number of amides is 1. The standard InChI is InChI=1S/C12H22N2O2/c1-16-8-7-14(11-4-5-11)12(15)10-3-2-6-13-9-10/h10-11,13H,2-9H2,1H3/t10-/m1/s1. The fraction of sp³-hybridized carbons (Fsp3) is 0.917. The van der Waals surface area contributed by atoms with Gasteiger partial charge in [0.25, 0.3) is 0 Å². The van der Waals surface area contributed by atoms with Crippen LogP contribution in [0.2, 0.25) is 0 Å². The second kappa shape index (κ2) is 5.64. The van der Waals surface area contributed by atoms with Crippen LogP contribution in [0.25, 0.3) is 0 Å². The highest BCUT2D eigenvalue weighted by atomic mass is 16.5. The highest BCUT2D eigenvalue weighted by Crippen LogP contribution is 2.28. The molecular weight excluding hydrogens is 204 g/mol. The number of nitrogens with zero attached hydrogens (tertiary/aromatic N) is 1. The molecule has 1 aliphatic carbocycles. The van der Waals surface area contributed by atoms with Crippen LogP contribution in [0, 0.1) is 5.92 Å². The number of rotatable bonds is 5. The molecule has 0 unspecified atom stereocenters. The van der Waals surface area contributed by atoms with Gasteiger partial charge in [0, 0.05) is 26.2 Å². The van der Waals surface area contributed by atoms with Gasteiger partial charge in [-0.05, 0) is 32.2 Å². The first-order valence-corrected chi connectivity index (χ1v) is 6.33. The maximum atomic E-state index is 12.3. The zero-order valence-electron chi connectivity index (χ0n) is 10.1. The van der Waals surface area contributed by atoms with E-state index < -0.39 is 0 Å². The first-order chi connectivity index (χ1) is 7.83. The molecule has 16 heavy (non-hydrogen) atoms. The van der Waals surface area contributed by atoms with Crippen molar-refractivity contribution in [3.05, 3.63) is 0 Å². The number of nitrogens with one attached hydrogen (secondary N) is 1. The Morgan fingerprint density at radius 2 is 2.25 bits per heavy atom. The molecule has 1 aliphatic heterocycles. The maximum absolute atomic E-state index is 12.3. The van der Waals surface area contributed by atoms with Gasteiger partial charge in [0.05, 0.1) is 12.5 Å². The van der Waals surface area contributed by atoms with E-state index in [2.05, 4.69) is 5.32 Å². The van der Waals surface area contributed by atoms with Crippen molar-refractivity contribution in [1.82, 2.24) is 10.2 Å². The molecule has 0 aromatic heterocycles. The van der Waals surface area contributed by atoms with Crippen LogP contribution in [0.1, 0.15) is 25.7 Å². The molecule has 1 saturated heterocycles. The molecule has 0 spiro atoms. The summed E-state index contributed by atoms with van der Waals surface area (Å²) in [4.78, 5) is 14.4. The summed E-state index contributed by atoms with van der Waals surface area (Å²) in [6.07, 6.45) is 4.52. The van der Waals surface area contributed by atoms with E-state index in [1.165, 1.54) is 12.8 Å². The van der Waals surface area contributed by atoms with Crippen molar-refractivity contribution in [3.63, 3.8) is 0 Å². The topological polar surface area (TPSA) is 41.6 Å². The van der Waals surface area contributed by atoms with E-state index in [1.54, 1.807) is 7.11 Å². The molecule has 4 heteroatoms.